The van der Waals surface area contributed by atoms with Crippen LogP contribution in [0.1, 0.15) is 18.9 Å². The highest BCUT2D eigenvalue weighted by Crippen LogP contribution is 2.27. The maximum absolute atomic E-state index is 11.6. The Morgan fingerprint density at radius 1 is 1.59 bits per heavy atom. The van der Waals surface area contributed by atoms with Crippen LogP contribution in [0.2, 0.25) is 0 Å². The SMILES string of the molecule is CCC(Br)C(=O)NCC1Cc2ccccc2O1. The lowest BCUT2D eigenvalue weighted by Crippen LogP contribution is -2.38. The summed E-state index contributed by atoms with van der Waals surface area (Å²) >= 11 is 3.33. The van der Waals surface area contributed by atoms with Gasteiger partial charge in [0, 0.05) is 6.42 Å². The fourth-order valence-corrected chi connectivity index (χ4v) is 2.04. The Morgan fingerprint density at radius 3 is 3.06 bits per heavy atom. The molecule has 0 fully saturated rings. The number of nitrogens with one attached hydrogen (secondary N) is 1. The highest BCUT2D eigenvalue weighted by molar-refractivity contribution is 9.10. The van der Waals surface area contributed by atoms with Crippen LogP contribution in [-0.2, 0) is 11.2 Å². The number of carbonyl (C=O) groups excluding carboxylic acids is 1. The van der Waals surface area contributed by atoms with Gasteiger partial charge in [0.2, 0.25) is 5.91 Å². The molecule has 0 bridgehead atoms. The largest absolute Gasteiger partial charge is 0.488 e. The number of hydrogen-bond acceptors (Lipinski definition) is 2. The molecule has 17 heavy (non-hydrogen) atoms. The number of rotatable bonds is 4. The molecule has 2 unspecified atom stereocenters. The molecule has 1 aromatic rings. The van der Waals surface area contributed by atoms with Crippen molar-refractivity contribution in [1.29, 1.82) is 0 Å². The topological polar surface area (TPSA) is 38.3 Å². The van der Waals surface area contributed by atoms with Crippen LogP contribution in [0.4, 0.5) is 0 Å². The summed E-state index contributed by atoms with van der Waals surface area (Å²) in [7, 11) is 0. The molecule has 1 aliphatic rings. The average Bonchev–Trinajstić information content (AvgIpc) is 2.77. The minimum absolute atomic E-state index is 0.0343. The molecular weight excluding hydrogens is 282 g/mol. The molecule has 2 rings (SSSR count). The number of para-hydroxylation sites is 1. The van der Waals surface area contributed by atoms with Gasteiger partial charge in [-0.3, -0.25) is 4.79 Å². The molecule has 1 aliphatic heterocycles. The lowest BCUT2D eigenvalue weighted by molar-refractivity contribution is -0.120. The first-order chi connectivity index (χ1) is 8.20. The summed E-state index contributed by atoms with van der Waals surface area (Å²) in [5.74, 6) is 0.977. The molecule has 4 heteroatoms. The molecule has 1 amide bonds. The molecule has 0 radical (unpaired) electrons. The zero-order valence-electron chi connectivity index (χ0n) is 9.78. The van der Waals surface area contributed by atoms with Gasteiger partial charge in [0.15, 0.2) is 0 Å². The van der Waals surface area contributed by atoms with Gasteiger partial charge in [0.05, 0.1) is 11.4 Å². The van der Waals surface area contributed by atoms with Crippen molar-refractivity contribution in [3.05, 3.63) is 29.8 Å². The summed E-state index contributed by atoms with van der Waals surface area (Å²) in [6.07, 6.45) is 1.72. The molecule has 3 nitrogen and oxygen atoms in total. The second-order valence-electron chi connectivity index (χ2n) is 4.17. The summed E-state index contributed by atoms with van der Waals surface area (Å²) in [5.41, 5.74) is 1.22. The lowest BCUT2D eigenvalue weighted by Gasteiger charge is -2.13. The van der Waals surface area contributed by atoms with Crippen molar-refractivity contribution in [3.63, 3.8) is 0 Å². The van der Waals surface area contributed by atoms with Crippen molar-refractivity contribution in [3.8, 4) is 5.75 Å². The van der Waals surface area contributed by atoms with Crippen LogP contribution in [0.25, 0.3) is 0 Å². The first-order valence-corrected chi connectivity index (χ1v) is 6.78. The predicted molar refractivity (Wildman–Crippen MR) is 70.6 cm³/mol. The Morgan fingerprint density at radius 2 is 2.35 bits per heavy atom. The second-order valence-corrected chi connectivity index (χ2v) is 5.28. The second kappa shape index (κ2) is 5.54. The average molecular weight is 298 g/mol. The molecule has 0 saturated heterocycles. The maximum Gasteiger partial charge on any atom is 0.233 e. The zero-order chi connectivity index (χ0) is 12.3. The summed E-state index contributed by atoms with van der Waals surface area (Å²) in [4.78, 5) is 11.5. The molecule has 0 spiro atoms. The van der Waals surface area contributed by atoms with Crippen LogP contribution in [0.5, 0.6) is 5.75 Å². The van der Waals surface area contributed by atoms with E-state index in [1.165, 1.54) is 5.56 Å². The van der Waals surface area contributed by atoms with Crippen LogP contribution in [0.15, 0.2) is 24.3 Å². The van der Waals surface area contributed by atoms with E-state index in [1.807, 2.05) is 25.1 Å². The summed E-state index contributed by atoms with van der Waals surface area (Å²) in [6.45, 7) is 2.54. The van der Waals surface area contributed by atoms with E-state index in [1.54, 1.807) is 0 Å². The van der Waals surface area contributed by atoms with Crippen LogP contribution < -0.4 is 10.1 Å². The quantitative estimate of drug-likeness (QED) is 0.866. The van der Waals surface area contributed by atoms with Gasteiger partial charge in [0.1, 0.15) is 11.9 Å². The highest BCUT2D eigenvalue weighted by Gasteiger charge is 2.23. The number of ether oxygens (including phenoxy) is 1. The van der Waals surface area contributed by atoms with Crippen molar-refractivity contribution < 1.29 is 9.53 Å². The smallest absolute Gasteiger partial charge is 0.233 e. The first-order valence-electron chi connectivity index (χ1n) is 5.87. The van der Waals surface area contributed by atoms with Crippen molar-refractivity contribution in [2.24, 2.45) is 0 Å². The maximum atomic E-state index is 11.6. The zero-order valence-corrected chi connectivity index (χ0v) is 11.4. The highest BCUT2D eigenvalue weighted by atomic mass is 79.9. The van der Waals surface area contributed by atoms with Crippen LogP contribution in [-0.4, -0.2) is 23.4 Å². The Kier molecular flexibility index (Phi) is 4.05. The fraction of sp³-hybridized carbons (Fsp3) is 0.462. The van der Waals surface area contributed by atoms with Crippen LogP contribution >= 0.6 is 15.9 Å². The van der Waals surface area contributed by atoms with Gasteiger partial charge in [-0.15, -0.1) is 0 Å². The first kappa shape index (κ1) is 12.4. The van der Waals surface area contributed by atoms with Crippen molar-refractivity contribution in [1.82, 2.24) is 5.32 Å². The van der Waals surface area contributed by atoms with E-state index < -0.39 is 0 Å². The molecule has 0 aliphatic carbocycles. The van der Waals surface area contributed by atoms with Gasteiger partial charge in [0.25, 0.3) is 0 Å². The van der Waals surface area contributed by atoms with Crippen LogP contribution in [0, 0.1) is 0 Å². The van der Waals surface area contributed by atoms with Gasteiger partial charge in [-0.25, -0.2) is 0 Å². The minimum Gasteiger partial charge on any atom is -0.488 e. The Bertz CT molecular complexity index is 383. The molecule has 92 valence electrons. The van der Waals surface area contributed by atoms with Gasteiger partial charge in [-0.1, -0.05) is 41.1 Å². The third kappa shape index (κ3) is 3.00. The number of halogens is 1. The third-order valence-electron chi connectivity index (χ3n) is 2.86. The Balaban J connectivity index is 1.82. The van der Waals surface area contributed by atoms with E-state index in [0.717, 1.165) is 18.6 Å². The molecule has 0 aromatic heterocycles. The van der Waals surface area contributed by atoms with Crippen molar-refractivity contribution >= 4 is 21.8 Å². The van der Waals surface area contributed by atoms with Gasteiger partial charge in [-0.05, 0) is 18.1 Å². The van der Waals surface area contributed by atoms with E-state index in [2.05, 4.69) is 27.3 Å². The number of fused-ring (bicyclic) bond motifs is 1. The standard InChI is InChI=1S/C13H16BrNO2/c1-2-11(14)13(16)15-8-10-7-9-5-3-4-6-12(9)17-10/h3-6,10-11H,2,7-8H2,1H3,(H,15,16). The summed E-state index contributed by atoms with van der Waals surface area (Å²) < 4.78 is 5.74. The van der Waals surface area contributed by atoms with Gasteiger partial charge < -0.3 is 10.1 Å². The Labute approximate surface area is 110 Å². The molecular formula is C13H16BrNO2. The number of amides is 1. The number of benzene rings is 1. The van der Waals surface area contributed by atoms with E-state index in [9.17, 15) is 4.79 Å². The lowest BCUT2D eigenvalue weighted by atomic mass is 10.1. The normalized spacial score (nSPS) is 19.3. The van der Waals surface area contributed by atoms with E-state index in [-0.39, 0.29) is 16.8 Å². The molecule has 1 aromatic carbocycles. The summed E-state index contributed by atoms with van der Waals surface area (Å²) in [5, 5.41) is 2.90. The predicted octanol–water partition coefficient (Wildman–Crippen LogP) is 2.28. The number of alkyl halides is 1. The van der Waals surface area contributed by atoms with Crippen molar-refractivity contribution in [2.75, 3.05) is 6.54 Å². The van der Waals surface area contributed by atoms with Crippen LogP contribution in [0.3, 0.4) is 0 Å². The fourth-order valence-electron chi connectivity index (χ4n) is 1.88. The summed E-state index contributed by atoms with van der Waals surface area (Å²) in [6, 6.07) is 8.01. The van der Waals surface area contributed by atoms with Crippen molar-refractivity contribution in [2.45, 2.75) is 30.7 Å². The molecule has 1 heterocycles. The van der Waals surface area contributed by atoms with Gasteiger partial charge in [-0.2, -0.15) is 0 Å². The van der Waals surface area contributed by atoms with E-state index >= 15 is 0 Å². The minimum atomic E-state index is -0.105. The Hall–Kier alpha value is -1.03. The molecule has 0 saturated carbocycles. The van der Waals surface area contributed by atoms with Gasteiger partial charge >= 0.3 is 0 Å². The van der Waals surface area contributed by atoms with E-state index in [4.69, 9.17) is 4.74 Å². The molecule has 2 atom stereocenters. The monoisotopic (exact) mass is 297 g/mol. The third-order valence-corrected chi connectivity index (χ3v) is 3.92. The molecule has 1 N–H and O–H groups in total. The number of hydrogen-bond donors (Lipinski definition) is 1. The van der Waals surface area contributed by atoms with E-state index in [0.29, 0.717) is 6.54 Å². The number of carbonyl (C=O) groups is 1.